The lowest BCUT2D eigenvalue weighted by Gasteiger charge is -2.18. The second-order valence-corrected chi connectivity index (χ2v) is 5.47. The number of hydrogen-bond donors (Lipinski definition) is 0. The highest BCUT2D eigenvalue weighted by Gasteiger charge is 2.41. The van der Waals surface area contributed by atoms with Gasteiger partial charge in [0.2, 0.25) is 5.91 Å². The maximum atomic E-state index is 12.4. The van der Waals surface area contributed by atoms with Crippen molar-refractivity contribution < 1.29 is 22.4 Å². The van der Waals surface area contributed by atoms with E-state index in [0.29, 0.717) is 15.4 Å². The number of hydrogen-bond acceptors (Lipinski definition) is 3. The number of alkyl halides is 3. The van der Waals surface area contributed by atoms with Crippen molar-refractivity contribution in [2.24, 2.45) is 0 Å². The largest absolute Gasteiger partial charge is 0.420 e. The van der Waals surface area contributed by atoms with E-state index in [-0.39, 0.29) is 18.5 Å². The number of rotatable bonds is 2. The third kappa shape index (κ3) is 2.58. The molecule has 22 heavy (non-hydrogen) atoms. The monoisotopic (exact) mass is 334 g/mol. The van der Waals surface area contributed by atoms with E-state index in [2.05, 4.69) is 0 Å². The topological polar surface area (TPSA) is 55.5 Å². The predicted octanol–water partition coefficient (Wildman–Crippen LogP) is 2.58. The Morgan fingerprint density at radius 2 is 2.05 bits per heavy atom. The van der Waals surface area contributed by atoms with Gasteiger partial charge < -0.3 is 9.32 Å². The van der Waals surface area contributed by atoms with Crippen LogP contribution in [0.2, 0.25) is 5.02 Å². The van der Waals surface area contributed by atoms with Crippen LogP contribution < -0.4 is 5.76 Å². The zero-order valence-electron chi connectivity index (χ0n) is 11.1. The third-order valence-electron chi connectivity index (χ3n) is 3.53. The van der Waals surface area contributed by atoms with Crippen LogP contribution >= 0.6 is 11.6 Å². The fraction of sp³-hybridized carbons (Fsp3) is 0.385. The van der Waals surface area contributed by atoms with Gasteiger partial charge in [0.15, 0.2) is 5.58 Å². The van der Waals surface area contributed by atoms with Crippen LogP contribution in [0.3, 0.4) is 0 Å². The van der Waals surface area contributed by atoms with Crippen molar-refractivity contribution in [3.05, 3.63) is 33.8 Å². The highest BCUT2D eigenvalue weighted by molar-refractivity contribution is 6.31. The molecule has 1 atom stereocenters. The SMILES string of the molecule is O=C1[C@H](n2c(=O)oc3cc(Cl)ccc32)CCN1CC(F)(F)F. The van der Waals surface area contributed by atoms with Crippen molar-refractivity contribution in [2.45, 2.75) is 18.6 Å². The van der Waals surface area contributed by atoms with Crippen LogP contribution in [0.5, 0.6) is 0 Å². The van der Waals surface area contributed by atoms with Crippen molar-refractivity contribution >= 4 is 28.6 Å². The molecule has 0 bridgehead atoms. The van der Waals surface area contributed by atoms with Gasteiger partial charge in [-0.05, 0) is 18.6 Å². The van der Waals surface area contributed by atoms with Crippen molar-refractivity contribution in [3.63, 3.8) is 0 Å². The standard InChI is InChI=1S/C13H10ClF3N2O3/c14-7-1-2-8-10(5-7)22-12(21)19(8)9-3-4-18(11(9)20)6-13(15,16)17/h1-2,5,9H,3-4,6H2/t9-/m1/s1. The summed E-state index contributed by atoms with van der Waals surface area (Å²) in [6, 6.07) is 3.45. The second-order valence-electron chi connectivity index (χ2n) is 5.03. The van der Waals surface area contributed by atoms with Gasteiger partial charge in [-0.25, -0.2) is 4.79 Å². The third-order valence-corrected chi connectivity index (χ3v) is 3.76. The van der Waals surface area contributed by atoms with E-state index in [1.54, 1.807) is 0 Å². The summed E-state index contributed by atoms with van der Waals surface area (Å²) >= 11 is 5.79. The Hall–Kier alpha value is -1.96. The Bertz CT molecular complexity index is 796. The molecule has 5 nitrogen and oxygen atoms in total. The summed E-state index contributed by atoms with van der Waals surface area (Å²) < 4.78 is 43.4. The van der Waals surface area contributed by atoms with Gasteiger partial charge in [0.1, 0.15) is 12.6 Å². The summed E-state index contributed by atoms with van der Waals surface area (Å²) in [4.78, 5) is 24.8. The van der Waals surface area contributed by atoms with E-state index in [1.807, 2.05) is 0 Å². The number of fused-ring (bicyclic) bond motifs is 1. The lowest BCUT2D eigenvalue weighted by Crippen LogP contribution is -2.37. The number of amides is 1. The zero-order valence-corrected chi connectivity index (χ0v) is 11.8. The normalized spacial score (nSPS) is 19.4. The quantitative estimate of drug-likeness (QED) is 0.848. The number of nitrogens with zero attached hydrogens (tertiary/aromatic N) is 2. The second kappa shape index (κ2) is 5.05. The molecular weight excluding hydrogens is 325 g/mol. The van der Waals surface area contributed by atoms with Crippen LogP contribution in [0.15, 0.2) is 27.4 Å². The first kappa shape index (κ1) is 15.0. The number of carbonyl (C=O) groups is 1. The Kier molecular flexibility index (Phi) is 3.43. The van der Waals surface area contributed by atoms with Crippen LogP contribution in [-0.4, -0.2) is 34.6 Å². The van der Waals surface area contributed by atoms with Crippen LogP contribution in [0.4, 0.5) is 13.2 Å². The molecule has 0 unspecified atom stereocenters. The van der Waals surface area contributed by atoms with Crippen LogP contribution in [0.25, 0.3) is 11.1 Å². The van der Waals surface area contributed by atoms with Gasteiger partial charge in [-0.1, -0.05) is 11.6 Å². The molecule has 1 saturated heterocycles. The molecule has 1 fully saturated rings. The zero-order chi connectivity index (χ0) is 16.1. The molecule has 1 amide bonds. The minimum Gasteiger partial charge on any atom is -0.408 e. The predicted molar refractivity (Wildman–Crippen MR) is 71.8 cm³/mol. The molecule has 2 aromatic rings. The van der Waals surface area contributed by atoms with E-state index in [9.17, 15) is 22.8 Å². The number of halogens is 4. The first-order valence-electron chi connectivity index (χ1n) is 6.42. The van der Waals surface area contributed by atoms with Crippen LogP contribution in [0.1, 0.15) is 12.5 Å². The van der Waals surface area contributed by atoms with Crippen LogP contribution in [-0.2, 0) is 4.79 Å². The van der Waals surface area contributed by atoms with Gasteiger partial charge in [0, 0.05) is 17.6 Å². The minimum atomic E-state index is -4.47. The van der Waals surface area contributed by atoms with Crippen molar-refractivity contribution in [1.29, 1.82) is 0 Å². The molecule has 0 radical (unpaired) electrons. The average Bonchev–Trinajstić information content (AvgIpc) is 2.88. The van der Waals surface area contributed by atoms with Crippen molar-refractivity contribution in [1.82, 2.24) is 9.47 Å². The summed E-state index contributed by atoms with van der Waals surface area (Å²) in [5, 5.41) is 0.352. The molecule has 0 spiro atoms. The van der Waals surface area contributed by atoms with E-state index >= 15 is 0 Å². The average molecular weight is 335 g/mol. The summed E-state index contributed by atoms with van der Waals surface area (Å²) in [5.74, 6) is -1.53. The fourth-order valence-electron chi connectivity index (χ4n) is 2.64. The summed E-state index contributed by atoms with van der Waals surface area (Å²) in [5.41, 5.74) is 0.529. The Morgan fingerprint density at radius 1 is 1.32 bits per heavy atom. The fourth-order valence-corrected chi connectivity index (χ4v) is 2.80. The summed E-state index contributed by atoms with van der Waals surface area (Å²) in [6.07, 6.45) is -4.35. The van der Waals surface area contributed by atoms with E-state index in [4.69, 9.17) is 16.0 Å². The smallest absolute Gasteiger partial charge is 0.408 e. The first-order chi connectivity index (χ1) is 10.3. The number of likely N-dealkylation sites (tertiary alicyclic amines) is 1. The molecule has 1 aromatic carbocycles. The van der Waals surface area contributed by atoms with Gasteiger partial charge in [0.25, 0.3) is 0 Å². The van der Waals surface area contributed by atoms with E-state index in [0.717, 1.165) is 4.57 Å². The van der Waals surface area contributed by atoms with Crippen molar-refractivity contribution in [2.75, 3.05) is 13.1 Å². The van der Waals surface area contributed by atoms with Gasteiger partial charge in [-0.2, -0.15) is 13.2 Å². The molecule has 0 N–H and O–H groups in total. The van der Waals surface area contributed by atoms with E-state index < -0.39 is 30.4 Å². The molecular formula is C13H10ClF3N2O3. The van der Waals surface area contributed by atoms with Gasteiger partial charge in [-0.15, -0.1) is 0 Å². The molecule has 1 aromatic heterocycles. The van der Waals surface area contributed by atoms with Gasteiger partial charge in [0.05, 0.1) is 5.52 Å². The molecule has 0 saturated carbocycles. The lowest BCUT2D eigenvalue weighted by molar-refractivity contribution is -0.158. The lowest BCUT2D eigenvalue weighted by atomic mass is 10.2. The van der Waals surface area contributed by atoms with E-state index in [1.165, 1.54) is 18.2 Å². The first-order valence-corrected chi connectivity index (χ1v) is 6.80. The summed E-state index contributed by atoms with van der Waals surface area (Å²) in [7, 11) is 0. The maximum absolute atomic E-state index is 12.4. The van der Waals surface area contributed by atoms with Gasteiger partial charge >= 0.3 is 11.9 Å². The minimum absolute atomic E-state index is 0.0598. The molecule has 9 heteroatoms. The maximum Gasteiger partial charge on any atom is 0.420 e. The summed E-state index contributed by atoms with van der Waals surface area (Å²) in [6.45, 7) is -1.38. The molecule has 3 rings (SSSR count). The number of carbonyl (C=O) groups excluding carboxylic acids is 1. The Morgan fingerprint density at radius 3 is 2.73 bits per heavy atom. The molecule has 1 aliphatic rings. The number of benzene rings is 1. The Balaban J connectivity index is 1.97. The van der Waals surface area contributed by atoms with Gasteiger partial charge in [-0.3, -0.25) is 9.36 Å². The number of oxazole rings is 1. The van der Waals surface area contributed by atoms with Crippen molar-refractivity contribution in [3.8, 4) is 0 Å². The molecule has 2 heterocycles. The number of aromatic nitrogens is 1. The molecule has 0 aliphatic carbocycles. The van der Waals surface area contributed by atoms with Crippen LogP contribution in [0, 0.1) is 0 Å². The highest BCUT2D eigenvalue weighted by Crippen LogP contribution is 2.29. The molecule has 1 aliphatic heterocycles. The Labute approximate surface area is 126 Å². The highest BCUT2D eigenvalue weighted by atomic mass is 35.5. The molecule has 118 valence electrons.